The van der Waals surface area contributed by atoms with Crippen molar-refractivity contribution in [3.8, 4) is 0 Å². The van der Waals surface area contributed by atoms with Gasteiger partial charge in [0.05, 0.1) is 12.6 Å². The van der Waals surface area contributed by atoms with Crippen molar-refractivity contribution >= 4 is 0 Å². The average molecular weight is 206 g/mol. The Labute approximate surface area is 90.5 Å². The fourth-order valence-electron chi connectivity index (χ4n) is 2.21. The maximum Gasteiger partial charge on any atom is 0.0584 e. The van der Waals surface area contributed by atoms with Gasteiger partial charge in [-0.05, 0) is 12.5 Å². The van der Waals surface area contributed by atoms with Crippen LogP contribution in [0.5, 0.6) is 0 Å². The van der Waals surface area contributed by atoms with E-state index in [2.05, 4.69) is 17.0 Å². The zero-order valence-electron chi connectivity index (χ0n) is 9.00. The first-order chi connectivity index (χ1) is 7.24. The predicted molar refractivity (Wildman–Crippen MR) is 60.4 cm³/mol. The second-order valence-electron chi connectivity index (χ2n) is 4.25. The van der Waals surface area contributed by atoms with Crippen LogP contribution in [-0.4, -0.2) is 35.2 Å². The molecule has 82 valence electrons. The lowest BCUT2D eigenvalue weighted by Crippen LogP contribution is -2.61. The number of hydrogen-bond donors (Lipinski definition) is 2. The molecule has 1 aromatic carbocycles. The highest BCUT2D eigenvalue weighted by molar-refractivity contribution is 5.24. The van der Waals surface area contributed by atoms with Gasteiger partial charge in [-0.15, -0.1) is 0 Å². The molecule has 1 aromatic rings. The van der Waals surface area contributed by atoms with E-state index in [1.165, 1.54) is 5.56 Å². The summed E-state index contributed by atoms with van der Waals surface area (Å²) in [4.78, 5) is 2.25. The summed E-state index contributed by atoms with van der Waals surface area (Å²) in [5.41, 5.74) is 7.26. The van der Waals surface area contributed by atoms with E-state index in [4.69, 9.17) is 10.8 Å². The number of aliphatic hydroxyl groups is 1. The molecule has 3 atom stereocenters. The molecule has 2 rings (SSSR count). The maximum atomic E-state index is 9.14. The van der Waals surface area contributed by atoms with Crippen LogP contribution >= 0.6 is 0 Å². The molecule has 0 aliphatic carbocycles. The molecule has 0 saturated carbocycles. The van der Waals surface area contributed by atoms with Crippen LogP contribution in [0.25, 0.3) is 0 Å². The van der Waals surface area contributed by atoms with Gasteiger partial charge in [0, 0.05) is 18.6 Å². The number of rotatable bonds is 3. The zero-order chi connectivity index (χ0) is 10.8. The molecule has 1 heterocycles. The quantitative estimate of drug-likeness (QED) is 0.767. The van der Waals surface area contributed by atoms with Crippen LogP contribution in [0.4, 0.5) is 0 Å². The lowest BCUT2D eigenvalue weighted by Gasteiger charge is -2.49. The van der Waals surface area contributed by atoms with Crippen molar-refractivity contribution in [1.82, 2.24) is 4.90 Å². The van der Waals surface area contributed by atoms with Crippen molar-refractivity contribution < 1.29 is 5.11 Å². The second-order valence-corrected chi connectivity index (χ2v) is 4.25. The zero-order valence-corrected chi connectivity index (χ0v) is 9.00. The van der Waals surface area contributed by atoms with E-state index in [9.17, 15) is 0 Å². The summed E-state index contributed by atoms with van der Waals surface area (Å²) in [6.45, 7) is 3.10. The highest BCUT2D eigenvalue weighted by Crippen LogP contribution is 2.33. The molecule has 0 unspecified atom stereocenters. The van der Waals surface area contributed by atoms with E-state index in [1.807, 2.05) is 25.1 Å². The largest absolute Gasteiger partial charge is 0.395 e. The second kappa shape index (κ2) is 4.31. The van der Waals surface area contributed by atoms with Gasteiger partial charge in [0.25, 0.3) is 0 Å². The number of nitrogens with two attached hydrogens (primary N) is 1. The van der Waals surface area contributed by atoms with Crippen LogP contribution in [0.3, 0.4) is 0 Å². The number of hydrogen-bond acceptors (Lipinski definition) is 3. The summed E-state index contributed by atoms with van der Waals surface area (Å²) in [5, 5.41) is 9.14. The van der Waals surface area contributed by atoms with E-state index in [-0.39, 0.29) is 24.7 Å². The summed E-state index contributed by atoms with van der Waals surface area (Å²) in [5.74, 6) is 0. The lowest BCUT2D eigenvalue weighted by molar-refractivity contribution is 0.00124. The van der Waals surface area contributed by atoms with Crippen molar-refractivity contribution in [2.24, 2.45) is 5.73 Å². The summed E-state index contributed by atoms with van der Waals surface area (Å²) in [7, 11) is 0. The third-order valence-corrected chi connectivity index (χ3v) is 3.16. The minimum Gasteiger partial charge on any atom is -0.395 e. The van der Waals surface area contributed by atoms with Crippen molar-refractivity contribution in [1.29, 1.82) is 0 Å². The van der Waals surface area contributed by atoms with Crippen LogP contribution < -0.4 is 5.73 Å². The van der Waals surface area contributed by atoms with Crippen molar-refractivity contribution in [3.05, 3.63) is 35.9 Å². The molecule has 0 bridgehead atoms. The van der Waals surface area contributed by atoms with Crippen LogP contribution in [-0.2, 0) is 0 Å². The molecular formula is C12H18N2O. The Morgan fingerprint density at radius 3 is 2.67 bits per heavy atom. The smallest absolute Gasteiger partial charge is 0.0584 e. The normalized spacial score (nSPS) is 28.5. The molecular weight excluding hydrogens is 188 g/mol. The minimum absolute atomic E-state index is 0.190. The van der Waals surface area contributed by atoms with Gasteiger partial charge in [-0.3, -0.25) is 4.90 Å². The first-order valence-electron chi connectivity index (χ1n) is 5.41. The Morgan fingerprint density at radius 1 is 1.47 bits per heavy atom. The van der Waals surface area contributed by atoms with Gasteiger partial charge in [0.2, 0.25) is 0 Å². The minimum atomic E-state index is 0.190. The number of nitrogens with zero attached hydrogens (tertiary/aromatic N) is 1. The molecule has 1 aliphatic heterocycles. The number of benzene rings is 1. The molecule has 3 nitrogen and oxygen atoms in total. The molecule has 0 amide bonds. The van der Waals surface area contributed by atoms with Gasteiger partial charge in [-0.25, -0.2) is 0 Å². The monoisotopic (exact) mass is 206 g/mol. The summed E-state index contributed by atoms with van der Waals surface area (Å²) < 4.78 is 0. The fourth-order valence-corrected chi connectivity index (χ4v) is 2.21. The van der Waals surface area contributed by atoms with Crippen molar-refractivity contribution in [3.63, 3.8) is 0 Å². The average Bonchev–Trinajstić information content (AvgIpc) is 2.26. The fraction of sp³-hybridized carbons (Fsp3) is 0.500. The number of likely N-dealkylation sites (tertiary alicyclic amines) is 1. The molecule has 1 aliphatic rings. The van der Waals surface area contributed by atoms with E-state index in [0.29, 0.717) is 0 Å². The SMILES string of the molecule is C[C@@H](CO)N1C[C@H](N)[C@@H]1c1ccccc1. The van der Waals surface area contributed by atoms with Gasteiger partial charge in [-0.1, -0.05) is 30.3 Å². The Morgan fingerprint density at radius 2 is 2.13 bits per heavy atom. The van der Waals surface area contributed by atoms with E-state index in [0.717, 1.165) is 6.54 Å². The maximum absolute atomic E-state index is 9.14. The predicted octanol–water partition coefficient (Wildman–Crippen LogP) is 0.751. The highest BCUT2D eigenvalue weighted by atomic mass is 16.3. The Bertz CT molecular complexity index is 315. The van der Waals surface area contributed by atoms with Gasteiger partial charge in [-0.2, -0.15) is 0 Å². The molecule has 0 aromatic heterocycles. The first-order valence-corrected chi connectivity index (χ1v) is 5.41. The summed E-state index contributed by atoms with van der Waals surface area (Å²) >= 11 is 0. The lowest BCUT2D eigenvalue weighted by atomic mass is 9.88. The third-order valence-electron chi connectivity index (χ3n) is 3.16. The Balaban J connectivity index is 2.14. The van der Waals surface area contributed by atoms with Gasteiger partial charge < -0.3 is 10.8 Å². The Kier molecular flexibility index (Phi) is 3.05. The molecule has 3 N–H and O–H groups in total. The first kappa shape index (κ1) is 10.6. The van der Waals surface area contributed by atoms with E-state index >= 15 is 0 Å². The molecule has 15 heavy (non-hydrogen) atoms. The van der Waals surface area contributed by atoms with E-state index in [1.54, 1.807) is 0 Å². The van der Waals surface area contributed by atoms with Crippen LogP contribution in [0, 0.1) is 0 Å². The van der Waals surface area contributed by atoms with E-state index < -0.39 is 0 Å². The van der Waals surface area contributed by atoms with Crippen LogP contribution in [0.2, 0.25) is 0 Å². The highest BCUT2D eigenvalue weighted by Gasteiger charge is 2.39. The molecule has 0 spiro atoms. The third kappa shape index (κ3) is 1.91. The summed E-state index contributed by atoms with van der Waals surface area (Å²) in [6, 6.07) is 10.9. The standard InChI is InChI=1S/C12H18N2O/c1-9(8-15)14-7-11(13)12(14)10-5-3-2-4-6-10/h2-6,9,11-12,15H,7-8,13H2,1H3/t9-,11-,12-/m0/s1. The molecule has 3 heteroatoms. The van der Waals surface area contributed by atoms with Gasteiger partial charge in [0.1, 0.15) is 0 Å². The topological polar surface area (TPSA) is 49.5 Å². The molecule has 1 saturated heterocycles. The van der Waals surface area contributed by atoms with Gasteiger partial charge in [0.15, 0.2) is 0 Å². The molecule has 0 radical (unpaired) electrons. The Hall–Kier alpha value is -0.900. The molecule has 1 fully saturated rings. The van der Waals surface area contributed by atoms with Crippen molar-refractivity contribution in [2.45, 2.75) is 25.0 Å². The summed E-state index contributed by atoms with van der Waals surface area (Å²) in [6.07, 6.45) is 0. The van der Waals surface area contributed by atoms with Crippen LogP contribution in [0.15, 0.2) is 30.3 Å². The number of aliphatic hydroxyl groups excluding tert-OH is 1. The van der Waals surface area contributed by atoms with Gasteiger partial charge >= 0.3 is 0 Å². The van der Waals surface area contributed by atoms with Crippen LogP contribution in [0.1, 0.15) is 18.5 Å². The van der Waals surface area contributed by atoms with Crippen molar-refractivity contribution in [2.75, 3.05) is 13.2 Å².